The Labute approximate surface area is 206 Å². The van der Waals surface area contributed by atoms with Crippen LogP contribution in [0.3, 0.4) is 0 Å². The molecule has 1 N–H and O–H groups in total. The van der Waals surface area contributed by atoms with Gasteiger partial charge in [-0.05, 0) is 84.8 Å². The summed E-state index contributed by atoms with van der Waals surface area (Å²) in [5.41, 5.74) is 5.58. The molecule has 5 heteroatoms. The predicted molar refractivity (Wildman–Crippen MR) is 143 cm³/mol. The molecule has 0 aliphatic rings. The first-order valence-corrected chi connectivity index (χ1v) is 12.7. The molecule has 0 unspecified atom stereocenters. The summed E-state index contributed by atoms with van der Waals surface area (Å²) in [6.45, 7) is 9.30. The van der Waals surface area contributed by atoms with Crippen molar-refractivity contribution in [3.05, 3.63) is 77.9 Å². The summed E-state index contributed by atoms with van der Waals surface area (Å²) in [7, 11) is 0. The smallest absolute Gasteiger partial charge is 0.224 e. The number of aromatic nitrogens is 1. The molecule has 3 aromatic carbocycles. The van der Waals surface area contributed by atoms with Crippen molar-refractivity contribution in [2.75, 3.05) is 11.9 Å². The van der Waals surface area contributed by atoms with Gasteiger partial charge >= 0.3 is 0 Å². The summed E-state index contributed by atoms with van der Waals surface area (Å²) in [4.78, 5) is 17.1. The molecule has 0 saturated carbocycles. The minimum Gasteiger partial charge on any atom is -0.494 e. The van der Waals surface area contributed by atoms with Crippen molar-refractivity contribution in [3.8, 4) is 16.3 Å². The second kappa shape index (κ2) is 10.4. The normalized spacial score (nSPS) is 11.5. The maximum Gasteiger partial charge on any atom is 0.224 e. The quantitative estimate of drug-likeness (QED) is 0.253. The zero-order chi connectivity index (χ0) is 24.1. The van der Waals surface area contributed by atoms with Gasteiger partial charge in [0.05, 0.1) is 16.8 Å². The van der Waals surface area contributed by atoms with Crippen LogP contribution >= 0.6 is 11.3 Å². The van der Waals surface area contributed by atoms with E-state index < -0.39 is 0 Å². The first-order valence-electron chi connectivity index (χ1n) is 11.8. The first kappa shape index (κ1) is 24.0. The number of nitrogens with zero attached hydrogens (tertiary/aromatic N) is 1. The summed E-state index contributed by atoms with van der Waals surface area (Å²) >= 11 is 1.69. The number of aryl methyl sites for hydroxylation is 1. The third-order valence-electron chi connectivity index (χ3n) is 6.30. The van der Waals surface area contributed by atoms with E-state index in [0.29, 0.717) is 19.4 Å². The summed E-state index contributed by atoms with van der Waals surface area (Å²) in [5.74, 6) is 0.837. The van der Waals surface area contributed by atoms with Crippen LogP contribution < -0.4 is 10.1 Å². The monoisotopic (exact) mass is 472 g/mol. The molecule has 0 aliphatic heterocycles. The molecular weight excluding hydrogens is 440 g/mol. The minimum atomic E-state index is -0.00754. The van der Waals surface area contributed by atoms with Crippen molar-refractivity contribution in [1.29, 1.82) is 0 Å². The van der Waals surface area contributed by atoms with Gasteiger partial charge < -0.3 is 10.1 Å². The number of rotatable bonds is 9. The van der Waals surface area contributed by atoms with E-state index in [1.54, 1.807) is 11.3 Å². The van der Waals surface area contributed by atoms with E-state index in [1.165, 1.54) is 15.8 Å². The average Bonchev–Trinajstić information content (AvgIpc) is 3.26. The van der Waals surface area contributed by atoms with Gasteiger partial charge in [0.25, 0.3) is 0 Å². The van der Waals surface area contributed by atoms with E-state index >= 15 is 0 Å². The molecule has 0 radical (unpaired) electrons. The van der Waals surface area contributed by atoms with Crippen LogP contribution in [-0.4, -0.2) is 17.5 Å². The number of fused-ring (bicyclic) bond motifs is 1. The highest BCUT2D eigenvalue weighted by Gasteiger charge is 2.17. The van der Waals surface area contributed by atoms with E-state index in [-0.39, 0.29) is 11.3 Å². The molecule has 4 aromatic rings. The van der Waals surface area contributed by atoms with Crippen molar-refractivity contribution >= 4 is 33.1 Å². The number of ether oxygens (including phenoxy) is 1. The first-order chi connectivity index (χ1) is 16.3. The van der Waals surface area contributed by atoms with Crippen LogP contribution in [0.4, 0.5) is 5.69 Å². The summed E-state index contributed by atoms with van der Waals surface area (Å²) in [5, 5.41) is 3.96. The Morgan fingerprint density at radius 3 is 2.47 bits per heavy atom. The summed E-state index contributed by atoms with van der Waals surface area (Å²) < 4.78 is 7.01. The number of carbonyl (C=O) groups excluding carboxylic acids is 1. The van der Waals surface area contributed by atoms with Crippen LogP contribution in [0.1, 0.15) is 51.2 Å². The lowest BCUT2D eigenvalue weighted by molar-refractivity contribution is -0.116. The Hall–Kier alpha value is -3.18. The lowest BCUT2D eigenvalue weighted by Gasteiger charge is -2.23. The molecule has 1 aromatic heterocycles. The molecule has 1 heterocycles. The number of carbonyl (C=O) groups is 1. The number of nitrogens with one attached hydrogen (secondary N) is 1. The molecule has 0 atom stereocenters. The molecular formula is C29H32N2O2S. The number of amides is 1. The Balaban J connectivity index is 1.24. The van der Waals surface area contributed by atoms with Gasteiger partial charge in [0, 0.05) is 17.7 Å². The van der Waals surface area contributed by atoms with E-state index in [1.807, 2.05) is 36.4 Å². The van der Waals surface area contributed by atoms with E-state index in [2.05, 4.69) is 63.3 Å². The Morgan fingerprint density at radius 2 is 1.76 bits per heavy atom. The molecule has 0 saturated heterocycles. The summed E-state index contributed by atoms with van der Waals surface area (Å²) in [6.07, 6.45) is 2.17. The van der Waals surface area contributed by atoms with Gasteiger partial charge in [-0.15, -0.1) is 11.3 Å². The van der Waals surface area contributed by atoms with E-state index in [0.717, 1.165) is 33.9 Å². The minimum absolute atomic E-state index is 0.00754. The van der Waals surface area contributed by atoms with E-state index in [9.17, 15) is 4.79 Å². The van der Waals surface area contributed by atoms with Crippen molar-refractivity contribution in [2.45, 2.75) is 52.4 Å². The van der Waals surface area contributed by atoms with Crippen molar-refractivity contribution < 1.29 is 9.53 Å². The van der Waals surface area contributed by atoms with Gasteiger partial charge in [-0.3, -0.25) is 4.79 Å². The van der Waals surface area contributed by atoms with Crippen molar-refractivity contribution in [3.63, 3.8) is 0 Å². The number of hydrogen-bond donors (Lipinski definition) is 1. The fourth-order valence-electron chi connectivity index (χ4n) is 3.70. The zero-order valence-electron chi connectivity index (χ0n) is 20.4. The molecule has 176 valence electrons. The lowest BCUT2D eigenvalue weighted by atomic mass is 9.82. The standard InChI is InChI=1S/C29H32N2O2S/c1-5-29(3,4)22-11-15-24(16-12-22)33-18-6-7-27(32)30-23-13-9-21(10-14-23)28-31-25-17-8-20(2)19-26(25)34-28/h8-17,19H,5-7,18H2,1-4H3,(H,30,32). The number of thiazole rings is 1. The van der Waals surface area contributed by atoms with Crippen LogP contribution in [0.5, 0.6) is 5.75 Å². The SMILES string of the molecule is CCC(C)(C)c1ccc(OCCCC(=O)Nc2ccc(-c3nc4ccc(C)cc4s3)cc2)cc1. The van der Waals surface area contributed by atoms with Gasteiger partial charge in [0.2, 0.25) is 5.91 Å². The average molecular weight is 473 g/mol. The molecule has 4 rings (SSSR count). The highest BCUT2D eigenvalue weighted by Crippen LogP contribution is 2.31. The highest BCUT2D eigenvalue weighted by atomic mass is 32.1. The number of anilines is 1. The highest BCUT2D eigenvalue weighted by molar-refractivity contribution is 7.21. The van der Waals surface area contributed by atoms with Crippen LogP contribution in [-0.2, 0) is 10.2 Å². The number of hydrogen-bond acceptors (Lipinski definition) is 4. The molecule has 0 fully saturated rings. The fraction of sp³-hybridized carbons (Fsp3) is 0.310. The van der Waals surface area contributed by atoms with Crippen molar-refractivity contribution in [2.24, 2.45) is 0 Å². The second-order valence-corrected chi connectivity index (χ2v) is 10.4. The zero-order valence-corrected chi connectivity index (χ0v) is 21.2. The van der Waals surface area contributed by atoms with Crippen LogP contribution in [0.15, 0.2) is 66.7 Å². The van der Waals surface area contributed by atoms with Gasteiger partial charge in [-0.2, -0.15) is 0 Å². The summed E-state index contributed by atoms with van der Waals surface area (Å²) in [6, 6.07) is 22.5. The van der Waals surface area contributed by atoms with E-state index in [4.69, 9.17) is 9.72 Å². The van der Waals surface area contributed by atoms with Crippen LogP contribution in [0.25, 0.3) is 20.8 Å². The molecule has 0 aliphatic carbocycles. The van der Waals surface area contributed by atoms with Crippen molar-refractivity contribution in [1.82, 2.24) is 4.98 Å². The van der Waals surface area contributed by atoms with Crippen LogP contribution in [0, 0.1) is 6.92 Å². The Kier molecular flexibility index (Phi) is 7.32. The maximum absolute atomic E-state index is 12.3. The molecule has 1 amide bonds. The molecule has 4 nitrogen and oxygen atoms in total. The lowest BCUT2D eigenvalue weighted by Crippen LogP contribution is -2.15. The Morgan fingerprint density at radius 1 is 1.03 bits per heavy atom. The third-order valence-corrected chi connectivity index (χ3v) is 7.36. The van der Waals surface area contributed by atoms with Gasteiger partial charge in [-0.25, -0.2) is 4.98 Å². The van der Waals surface area contributed by atoms with Gasteiger partial charge in [-0.1, -0.05) is 39.0 Å². The predicted octanol–water partition coefficient (Wildman–Crippen LogP) is 7.76. The largest absolute Gasteiger partial charge is 0.494 e. The second-order valence-electron chi connectivity index (χ2n) is 9.33. The fourth-order valence-corrected chi connectivity index (χ4v) is 4.77. The van der Waals surface area contributed by atoms with Gasteiger partial charge in [0.1, 0.15) is 10.8 Å². The third kappa shape index (κ3) is 5.84. The Bertz CT molecular complexity index is 1260. The topological polar surface area (TPSA) is 51.2 Å². The molecule has 34 heavy (non-hydrogen) atoms. The number of benzene rings is 3. The molecule has 0 spiro atoms. The van der Waals surface area contributed by atoms with Crippen LogP contribution in [0.2, 0.25) is 0 Å². The van der Waals surface area contributed by atoms with Gasteiger partial charge in [0.15, 0.2) is 0 Å². The molecule has 0 bridgehead atoms. The maximum atomic E-state index is 12.3.